The number of carbonyl (C=O) groups is 1. The summed E-state index contributed by atoms with van der Waals surface area (Å²) in [5.41, 5.74) is 0.375. The molecule has 0 radical (unpaired) electrons. The number of rotatable bonds is 4. The number of halogens is 1. The maximum atomic E-state index is 12.0. The first-order valence-corrected chi connectivity index (χ1v) is 8.00. The van der Waals surface area contributed by atoms with Gasteiger partial charge in [-0.15, -0.1) is 0 Å². The van der Waals surface area contributed by atoms with E-state index in [1.54, 1.807) is 6.92 Å². The van der Waals surface area contributed by atoms with Crippen LogP contribution in [0.4, 0.5) is 0 Å². The van der Waals surface area contributed by atoms with Crippen molar-refractivity contribution >= 4 is 27.6 Å². The quantitative estimate of drug-likeness (QED) is 0.864. The number of hydrogen-bond acceptors (Lipinski definition) is 4. The fraction of sp³-hybridized carbons (Fsp3) is 0.462. The lowest BCUT2D eigenvalue weighted by Crippen LogP contribution is -2.21. The van der Waals surface area contributed by atoms with Crippen LogP contribution in [0.5, 0.6) is 0 Å². The lowest BCUT2D eigenvalue weighted by atomic mass is 10.1. The summed E-state index contributed by atoms with van der Waals surface area (Å²) < 4.78 is 28.2. The van der Waals surface area contributed by atoms with Gasteiger partial charge in [0, 0.05) is 5.02 Å². The average Bonchev–Trinajstić information content (AvgIpc) is 2.30. The number of nitrogens with two attached hydrogens (primary N) is 1. The molecule has 1 aromatic carbocycles. The maximum Gasteiger partial charge on any atom is 0.338 e. The highest BCUT2D eigenvalue weighted by atomic mass is 35.5. The third-order valence-corrected chi connectivity index (χ3v) is 4.50. The molecule has 5 nitrogen and oxygen atoms in total. The normalized spacial score (nSPS) is 13.3. The van der Waals surface area contributed by atoms with Crippen molar-refractivity contribution in [3.8, 4) is 0 Å². The molecule has 20 heavy (non-hydrogen) atoms. The summed E-state index contributed by atoms with van der Waals surface area (Å²) in [4.78, 5) is 11.8. The zero-order chi connectivity index (χ0) is 15.7. The second-order valence-corrected chi connectivity index (χ2v) is 6.92. The summed E-state index contributed by atoms with van der Waals surface area (Å²) >= 11 is 5.94. The minimum atomic E-state index is -3.95. The smallest absolute Gasteiger partial charge is 0.338 e. The van der Waals surface area contributed by atoms with Crippen LogP contribution in [0.2, 0.25) is 5.02 Å². The molecular formula is C13H18ClNO4S. The van der Waals surface area contributed by atoms with E-state index in [1.165, 1.54) is 19.1 Å². The van der Waals surface area contributed by atoms with E-state index in [0.29, 0.717) is 5.56 Å². The van der Waals surface area contributed by atoms with Gasteiger partial charge < -0.3 is 4.74 Å². The Hall–Kier alpha value is -1.11. The number of primary sulfonamides is 1. The van der Waals surface area contributed by atoms with E-state index in [0.717, 1.165) is 0 Å². The van der Waals surface area contributed by atoms with E-state index < -0.39 is 16.0 Å². The van der Waals surface area contributed by atoms with Gasteiger partial charge >= 0.3 is 5.97 Å². The van der Waals surface area contributed by atoms with E-state index in [9.17, 15) is 13.2 Å². The highest BCUT2D eigenvalue weighted by Gasteiger charge is 2.21. The zero-order valence-corrected chi connectivity index (χ0v) is 13.4. The van der Waals surface area contributed by atoms with Crippen LogP contribution in [0.1, 0.15) is 36.7 Å². The topological polar surface area (TPSA) is 86.5 Å². The second-order valence-electron chi connectivity index (χ2n) is 4.98. The SMILES string of the molecule is Cc1c(Cl)cc(C(=O)OC(C)C(C)C)cc1S(N)(=O)=O. The first-order chi connectivity index (χ1) is 9.04. The van der Waals surface area contributed by atoms with Gasteiger partial charge in [0.1, 0.15) is 6.10 Å². The number of carbonyl (C=O) groups excluding carboxylic acids is 1. The van der Waals surface area contributed by atoms with E-state index >= 15 is 0 Å². The molecule has 0 saturated carbocycles. The molecule has 1 aromatic rings. The fourth-order valence-electron chi connectivity index (χ4n) is 1.44. The molecule has 0 fully saturated rings. The molecule has 0 bridgehead atoms. The Morgan fingerprint density at radius 1 is 1.30 bits per heavy atom. The highest BCUT2D eigenvalue weighted by Crippen LogP contribution is 2.25. The number of esters is 1. The Labute approximate surface area is 124 Å². The van der Waals surface area contributed by atoms with Gasteiger partial charge in [0.2, 0.25) is 10.0 Å². The van der Waals surface area contributed by atoms with Gasteiger partial charge in [0.15, 0.2) is 0 Å². The molecule has 0 amide bonds. The van der Waals surface area contributed by atoms with Crippen molar-refractivity contribution in [3.05, 3.63) is 28.3 Å². The summed E-state index contributed by atoms with van der Waals surface area (Å²) in [5.74, 6) is -0.476. The summed E-state index contributed by atoms with van der Waals surface area (Å²) in [6.45, 7) is 7.11. The van der Waals surface area contributed by atoms with Crippen molar-refractivity contribution in [2.75, 3.05) is 0 Å². The lowest BCUT2D eigenvalue weighted by molar-refractivity contribution is 0.0237. The van der Waals surface area contributed by atoms with Crippen molar-refractivity contribution in [2.24, 2.45) is 11.1 Å². The molecule has 0 heterocycles. The van der Waals surface area contributed by atoms with E-state index in [-0.39, 0.29) is 27.5 Å². The Balaban J connectivity index is 3.21. The van der Waals surface area contributed by atoms with Crippen LogP contribution in [0.25, 0.3) is 0 Å². The van der Waals surface area contributed by atoms with Crippen LogP contribution in [0.15, 0.2) is 17.0 Å². The molecule has 1 rings (SSSR count). The predicted octanol–water partition coefficient (Wildman–Crippen LogP) is 2.50. The van der Waals surface area contributed by atoms with E-state index in [4.69, 9.17) is 21.5 Å². The van der Waals surface area contributed by atoms with E-state index in [2.05, 4.69) is 0 Å². The molecule has 0 saturated heterocycles. The van der Waals surface area contributed by atoms with Gasteiger partial charge in [-0.2, -0.15) is 0 Å². The molecule has 0 aromatic heterocycles. The van der Waals surface area contributed by atoms with Gasteiger partial charge in [-0.05, 0) is 37.5 Å². The molecule has 0 spiro atoms. The van der Waals surface area contributed by atoms with Gasteiger partial charge in [0.05, 0.1) is 10.5 Å². The second kappa shape index (κ2) is 6.11. The fourth-order valence-corrected chi connectivity index (χ4v) is 2.54. The minimum absolute atomic E-state index is 0.0668. The third-order valence-electron chi connectivity index (χ3n) is 3.07. The number of ether oxygens (including phenoxy) is 1. The Kier molecular flexibility index (Phi) is 5.18. The van der Waals surface area contributed by atoms with Crippen LogP contribution in [-0.2, 0) is 14.8 Å². The first-order valence-electron chi connectivity index (χ1n) is 6.08. The average molecular weight is 320 g/mol. The summed E-state index contributed by atoms with van der Waals surface area (Å²) in [6.07, 6.45) is -0.291. The molecule has 7 heteroatoms. The van der Waals surface area contributed by atoms with Crippen molar-refractivity contribution in [3.63, 3.8) is 0 Å². The summed E-state index contributed by atoms with van der Waals surface area (Å²) in [7, 11) is -3.95. The van der Waals surface area contributed by atoms with Crippen molar-refractivity contribution in [1.29, 1.82) is 0 Å². The Bertz CT molecular complexity index is 626. The number of benzene rings is 1. The molecule has 0 aliphatic carbocycles. The van der Waals surface area contributed by atoms with Crippen LogP contribution in [0.3, 0.4) is 0 Å². The molecular weight excluding hydrogens is 302 g/mol. The third kappa shape index (κ3) is 3.94. The van der Waals surface area contributed by atoms with Gasteiger partial charge in [-0.25, -0.2) is 18.4 Å². The predicted molar refractivity (Wildman–Crippen MR) is 77.3 cm³/mol. The van der Waals surface area contributed by atoms with Crippen LogP contribution in [0, 0.1) is 12.8 Å². The monoisotopic (exact) mass is 319 g/mol. The van der Waals surface area contributed by atoms with Gasteiger partial charge in [0.25, 0.3) is 0 Å². The molecule has 0 aliphatic rings. The number of sulfonamides is 1. The Morgan fingerprint density at radius 2 is 1.85 bits per heavy atom. The molecule has 112 valence electrons. The standard InChI is InChI=1S/C13H18ClNO4S/c1-7(2)9(4)19-13(16)10-5-11(14)8(3)12(6-10)20(15,17)18/h5-7,9H,1-4H3,(H2,15,17,18). The maximum absolute atomic E-state index is 12.0. The zero-order valence-electron chi connectivity index (χ0n) is 11.8. The van der Waals surface area contributed by atoms with Gasteiger partial charge in [-0.1, -0.05) is 25.4 Å². The van der Waals surface area contributed by atoms with Crippen LogP contribution >= 0.6 is 11.6 Å². The minimum Gasteiger partial charge on any atom is -0.459 e. The number of hydrogen-bond donors (Lipinski definition) is 1. The van der Waals surface area contributed by atoms with E-state index in [1.807, 2.05) is 13.8 Å². The molecule has 2 N–H and O–H groups in total. The van der Waals surface area contributed by atoms with Crippen molar-refractivity contribution in [1.82, 2.24) is 0 Å². The van der Waals surface area contributed by atoms with Crippen molar-refractivity contribution in [2.45, 2.75) is 38.7 Å². The summed E-state index contributed by atoms with van der Waals surface area (Å²) in [6, 6.07) is 2.56. The Morgan fingerprint density at radius 3 is 2.30 bits per heavy atom. The van der Waals surface area contributed by atoms with Gasteiger partial charge in [-0.3, -0.25) is 0 Å². The summed E-state index contributed by atoms with van der Waals surface area (Å²) in [5, 5.41) is 5.26. The lowest BCUT2D eigenvalue weighted by Gasteiger charge is -2.17. The van der Waals surface area contributed by atoms with Crippen LogP contribution < -0.4 is 5.14 Å². The first kappa shape index (κ1) is 16.9. The molecule has 1 atom stereocenters. The molecule has 0 aliphatic heterocycles. The highest BCUT2D eigenvalue weighted by molar-refractivity contribution is 7.89. The van der Waals surface area contributed by atoms with Crippen molar-refractivity contribution < 1.29 is 17.9 Å². The largest absolute Gasteiger partial charge is 0.459 e. The molecule has 1 unspecified atom stereocenters. The van der Waals surface area contributed by atoms with Crippen LogP contribution in [-0.4, -0.2) is 20.5 Å².